The molecule has 13 heterocycles. The van der Waals surface area contributed by atoms with Crippen molar-refractivity contribution >= 4 is 67.2 Å². The van der Waals surface area contributed by atoms with Gasteiger partial charge < -0.3 is 48.0 Å². The predicted molar refractivity (Wildman–Crippen MR) is 550 cm³/mol. The first kappa shape index (κ1) is 123. The van der Waals surface area contributed by atoms with Gasteiger partial charge in [-0.25, -0.2) is 8.42 Å². The Hall–Kier alpha value is -6.18. The number of hydrogen-bond acceptors (Lipinski definition) is 28. The molecule has 0 atom stereocenters. The Kier molecular flexibility index (Phi) is 59.9. The number of sulfone groups is 1. The van der Waals surface area contributed by atoms with Gasteiger partial charge in [-0.3, -0.25) is 58.7 Å². The van der Waals surface area contributed by atoms with Gasteiger partial charge in [0.05, 0.1) is 29.6 Å². The number of benzene rings is 2. The van der Waals surface area contributed by atoms with Gasteiger partial charge in [-0.05, 0) is 264 Å². The number of hydrogen-bond donors (Lipinski definition) is 3. The van der Waals surface area contributed by atoms with E-state index in [1.165, 1.54) is 168 Å². The van der Waals surface area contributed by atoms with Gasteiger partial charge in [-0.15, -0.1) is 47.9 Å². The summed E-state index contributed by atoms with van der Waals surface area (Å²) in [5.41, 5.74) is 1.31. The van der Waals surface area contributed by atoms with Crippen LogP contribution in [0.5, 0.6) is 10.8 Å². The molecule has 38 heteroatoms. The van der Waals surface area contributed by atoms with Crippen molar-refractivity contribution in [2.75, 3.05) is 211 Å². The van der Waals surface area contributed by atoms with E-state index < -0.39 is 56.0 Å². The lowest BCUT2D eigenvalue weighted by atomic mass is 10.1. The Morgan fingerprint density at radius 3 is 1.18 bits per heavy atom. The quantitative estimate of drug-likeness (QED) is 0.0675. The second-order valence-corrected chi connectivity index (χ2v) is 43.0. The molecular formula is C99H172F6N18O10S4. The molecule has 28 nitrogen and oxygen atoms in total. The summed E-state index contributed by atoms with van der Waals surface area (Å²) in [5.74, 6) is 0.690. The van der Waals surface area contributed by atoms with Crippen molar-refractivity contribution in [2.45, 2.75) is 277 Å². The number of likely N-dealkylation sites (tertiary alicyclic amines) is 3. The van der Waals surface area contributed by atoms with Crippen molar-refractivity contribution in [2.24, 2.45) is 0 Å². The molecule has 6 aromatic rings. The second kappa shape index (κ2) is 66.6. The number of anilines is 2. The number of rotatable bonds is 18. The normalized spacial score (nSPS) is 19.1. The molecule has 10 fully saturated rings. The number of amides is 2. The van der Waals surface area contributed by atoms with Crippen molar-refractivity contribution in [3.63, 3.8) is 0 Å². The molecule has 10 aliphatic rings. The summed E-state index contributed by atoms with van der Waals surface area (Å²) < 4.78 is 129. The molecule has 16 rings (SSSR count). The fourth-order valence-corrected chi connectivity index (χ4v) is 19.0. The molecule has 784 valence electrons. The molecular weight excluding hydrogens is 1840 g/mol. The minimum absolute atomic E-state index is 0.00807. The molecule has 0 spiro atoms. The first-order valence-corrected chi connectivity index (χ1v) is 55.1. The van der Waals surface area contributed by atoms with Crippen molar-refractivity contribution in [3.05, 3.63) is 94.0 Å². The zero-order valence-corrected chi connectivity index (χ0v) is 90.2. The lowest BCUT2D eigenvalue weighted by molar-refractivity contribution is -0.275. The van der Waals surface area contributed by atoms with Crippen LogP contribution in [0.4, 0.5) is 38.4 Å². The second-order valence-electron chi connectivity index (χ2n) is 37.0. The van der Waals surface area contributed by atoms with Crippen molar-refractivity contribution in [1.82, 2.24) is 79.6 Å². The third kappa shape index (κ3) is 51.6. The number of nitrogens with zero attached hydrogens (tertiary/aromatic N) is 15. The molecule has 1 aliphatic carbocycles. The van der Waals surface area contributed by atoms with E-state index in [4.69, 9.17) is 13.6 Å². The molecule has 2 amide bonds. The Morgan fingerprint density at radius 2 is 0.803 bits per heavy atom. The average Bonchev–Trinajstić information content (AvgIpc) is 1.67. The van der Waals surface area contributed by atoms with Gasteiger partial charge in [-0.2, -0.15) is 0 Å². The number of morpholine rings is 1. The average molecular weight is 2020 g/mol. The van der Waals surface area contributed by atoms with Gasteiger partial charge in [0.2, 0.25) is 11.8 Å². The van der Waals surface area contributed by atoms with E-state index in [1.807, 2.05) is 39.8 Å². The van der Waals surface area contributed by atoms with Crippen LogP contribution >= 0.6 is 22.7 Å². The zero-order valence-electron chi connectivity index (χ0n) is 86.9. The van der Waals surface area contributed by atoms with E-state index in [9.17, 15) is 48.6 Å². The van der Waals surface area contributed by atoms with Crippen LogP contribution in [0.2, 0.25) is 0 Å². The number of aromatic nitrogens is 4. The molecule has 1 saturated carbocycles. The van der Waals surface area contributed by atoms with E-state index in [2.05, 4.69) is 231 Å². The fraction of sp³-hybridized carbons (Fsp3) is 0.737. The minimum Gasteiger partial charge on any atom is -0.404 e. The summed E-state index contributed by atoms with van der Waals surface area (Å²) in [6.45, 7) is 78.7. The zero-order chi connectivity index (χ0) is 102. The van der Waals surface area contributed by atoms with E-state index in [-0.39, 0.29) is 33.6 Å². The number of piperidine rings is 1. The van der Waals surface area contributed by atoms with Gasteiger partial charge in [0, 0.05) is 212 Å². The summed E-state index contributed by atoms with van der Waals surface area (Å²) in [4.78, 5) is 51.0. The maximum atomic E-state index is 12.3. The van der Waals surface area contributed by atoms with Gasteiger partial charge in [0.25, 0.3) is 11.8 Å². The molecule has 137 heavy (non-hydrogen) atoms. The minimum atomic E-state index is -4.89. The highest BCUT2D eigenvalue weighted by molar-refractivity contribution is 7.91. The Morgan fingerprint density at radius 1 is 0.438 bits per heavy atom. The van der Waals surface area contributed by atoms with Gasteiger partial charge >= 0.3 is 24.8 Å². The van der Waals surface area contributed by atoms with Gasteiger partial charge in [0.1, 0.15) is 4.88 Å². The Bertz CT molecular complexity index is 4150. The van der Waals surface area contributed by atoms with E-state index in [1.54, 1.807) is 48.5 Å². The first-order valence-electron chi connectivity index (χ1n) is 50.1. The lowest BCUT2D eigenvalue weighted by Crippen LogP contribution is -2.49. The number of piperazine rings is 3. The summed E-state index contributed by atoms with van der Waals surface area (Å²) in [5, 5.41) is 23.6. The third-order valence-corrected chi connectivity index (χ3v) is 28.9. The molecule has 0 unspecified atom stereocenters. The lowest BCUT2D eigenvalue weighted by Gasteiger charge is -2.37. The first-order chi connectivity index (χ1) is 65.0. The number of carbonyl (C=O) groups excluding carboxylic acids is 2. The number of likely N-dealkylation sites (N-methyl/N-ethyl adjacent to an activating group) is 1. The van der Waals surface area contributed by atoms with Crippen molar-refractivity contribution in [1.29, 1.82) is 0 Å². The number of alkyl halides is 6. The number of ether oxygens (including phenoxy) is 3. The van der Waals surface area contributed by atoms with Gasteiger partial charge in [0.15, 0.2) is 20.6 Å². The molecule has 0 radical (unpaired) electrons. The topological polar surface area (TPSA) is 263 Å². The van der Waals surface area contributed by atoms with Crippen LogP contribution in [0.15, 0.2) is 93.1 Å². The maximum absolute atomic E-state index is 12.3. The van der Waals surface area contributed by atoms with Crippen LogP contribution < -0.4 is 25.4 Å². The Balaban J connectivity index is 0.000000322. The maximum Gasteiger partial charge on any atom is 0.573 e. The standard InChI is InChI=1S/2C14H8F3N3O3S.C10H20N2.C8H18N2.C8H17N.C7H16N2.C7H15NO2S.C7H15NOS.C7H15NO.C7H15N.C6H13N.2C2H6/c15-14(16,17)23-9-6-7-24-10(9)11(21)18-13-20-19-12(22-13)8-4-2-1-3-5-8;15-14(16,17)23-10-7-6-9(24-10)11(21)18-13-20-19-12(22-13)8-4-2-1-3-5-8;1-9(2)11-5-7-12(8-6-11)10-3-4-10;1-8(2)10-6-4-9(3)5-7-10;1-8(2)9-6-4-3-5-7-9;1-7(2)9-5-3-8-4-6-9;1-7(2)8-3-5-11(9,10)6-4-8;1-7(2)8-3-5-10(9)6-4-8;1-7(2)8-3-5-9-6-4-8;1-7(2)8-5-3-4-6-8;1-6(2)7-4-3-5-7;2*1-2/h2*1-7H,(H,18,20,21);9-10H,3-8H2,1-2H3;8H,4-7H2,1-3H3;8H,3-7H2,1-2H3;7-8H,3-6H2,1-2H3;7H,3-6H2,1-2H3;7H,3-6H2,1-2H3;7H,3-6H2,1-2H3;7H,3-6H2,1-2H3;6H,3-5H2,1-2H3;2*1-2H3. The van der Waals surface area contributed by atoms with Crippen LogP contribution in [0.3, 0.4) is 0 Å². The highest BCUT2D eigenvalue weighted by atomic mass is 32.2. The summed E-state index contributed by atoms with van der Waals surface area (Å²) >= 11 is 1.34. The third-order valence-electron chi connectivity index (χ3n) is 24.1. The summed E-state index contributed by atoms with van der Waals surface area (Å²) in [6, 6.07) is 27.9. The molecule has 3 N–H and O–H groups in total. The molecule has 4 aromatic heterocycles. The van der Waals surface area contributed by atoms with Crippen LogP contribution in [0.25, 0.3) is 22.9 Å². The summed E-state index contributed by atoms with van der Waals surface area (Å²) in [6.07, 6.45) is 1.74. The van der Waals surface area contributed by atoms with Crippen LogP contribution in [-0.2, 0) is 25.4 Å². The van der Waals surface area contributed by atoms with E-state index in [0.29, 0.717) is 65.2 Å². The summed E-state index contributed by atoms with van der Waals surface area (Å²) in [7, 11) is -1.02. The fourth-order valence-electron chi connectivity index (χ4n) is 15.2. The highest BCUT2D eigenvalue weighted by Crippen LogP contribution is 2.34. The number of thiophene rings is 2. The van der Waals surface area contributed by atoms with E-state index in [0.717, 1.165) is 130 Å². The van der Waals surface area contributed by atoms with Crippen LogP contribution in [0, 0.1) is 0 Å². The predicted octanol–water partition coefficient (Wildman–Crippen LogP) is 17.9. The molecule has 0 bridgehead atoms. The van der Waals surface area contributed by atoms with Crippen molar-refractivity contribution < 1.29 is 71.6 Å². The van der Waals surface area contributed by atoms with Gasteiger partial charge in [-0.1, -0.05) is 92.0 Å². The van der Waals surface area contributed by atoms with Crippen molar-refractivity contribution in [3.8, 4) is 33.7 Å². The molecule has 9 saturated heterocycles. The largest absolute Gasteiger partial charge is 0.573 e. The number of nitrogens with one attached hydrogen (secondary N) is 3. The van der Waals surface area contributed by atoms with Crippen LogP contribution in [-0.4, -0.2) is 372 Å². The van der Waals surface area contributed by atoms with E-state index >= 15 is 0 Å². The highest BCUT2D eigenvalue weighted by Gasteiger charge is 2.36. The molecule has 2 aromatic carbocycles. The van der Waals surface area contributed by atoms with Crippen LogP contribution in [0.1, 0.15) is 223 Å². The Labute approximate surface area is 828 Å². The number of carbonyl (C=O) groups is 2. The number of halogens is 6. The molecule has 9 aliphatic heterocycles. The monoisotopic (exact) mass is 2020 g/mol. The smallest absolute Gasteiger partial charge is 0.404 e. The SMILES string of the molecule is CC.CC.CC(C)N1CCC1.CC(C)N1CCCC1.CC(C)N1CCCCC1.CC(C)N1CCN(C)CC1.CC(C)N1CCN(C2CC2)CC1.CC(C)N1CCNCC1.CC(C)N1CCOCC1.CC(C)N1CCS(=O)(=O)CC1.CC(C)N1CCS(=O)CC1.O=C(Nc1nnc(-c2ccccc2)o1)c1ccc(OC(F)(F)F)s1.O=C(Nc1nnc(-c2ccccc2)o1)c1sccc1OC(F)(F)F.